The monoisotopic (exact) mass is 234 g/mol. The second kappa shape index (κ2) is 4.72. The van der Waals surface area contributed by atoms with E-state index in [-0.39, 0.29) is 6.10 Å². The molecule has 0 radical (unpaired) electrons. The van der Waals surface area contributed by atoms with Gasteiger partial charge in [-0.1, -0.05) is 61.5 Å². The molecule has 2 heteroatoms. The Hall–Kier alpha value is -0.603. The fraction of sp³-hybridized carbons (Fsp3) is 0.571. The first kappa shape index (κ1) is 11.9. The minimum atomic E-state index is -1.38. The molecule has 1 nitrogen and oxygen atoms in total. The third kappa shape index (κ3) is 2.38. The van der Waals surface area contributed by atoms with Crippen LogP contribution in [-0.2, 0) is 0 Å². The van der Waals surface area contributed by atoms with Crippen molar-refractivity contribution in [3.05, 3.63) is 30.3 Å². The van der Waals surface area contributed by atoms with E-state index in [1.165, 1.54) is 18.0 Å². The van der Waals surface area contributed by atoms with Crippen molar-refractivity contribution in [3.8, 4) is 0 Å². The van der Waals surface area contributed by atoms with Crippen LogP contribution in [0.2, 0.25) is 18.6 Å². The smallest absolute Gasteiger partial charge is 0.0837 e. The summed E-state index contributed by atoms with van der Waals surface area (Å²) in [6, 6.07) is 10.9. The molecule has 1 aromatic carbocycles. The van der Waals surface area contributed by atoms with E-state index in [1.807, 2.05) is 0 Å². The molecule has 1 saturated carbocycles. The van der Waals surface area contributed by atoms with Gasteiger partial charge in [0.15, 0.2) is 0 Å². The van der Waals surface area contributed by atoms with Crippen molar-refractivity contribution in [2.75, 3.05) is 0 Å². The van der Waals surface area contributed by atoms with Crippen LogP contribution < -0.4 is 5.19 Å². The highest BCUT2D eigenvalue weighted by molar-refractivity contribution is 6.91. The van der Waals surface area contributed by atoms with Crippen molar-refractivity contribution in [1.82, 2.24) is 0 Å². The Morgan fingerprint density at radius 3 is 2.44 bits per heavy atom. The molecule has 0 saturated heterocycles. The molecule has 0 aromatic heterocycles. The molecular formula is C14H22OSi. The van der Waals surface area contributed by atoms with Crippen molar-refractivity contribution < 1.29 is 5.11 Å². The van der Waals surface area contributed by atoms with Crippen molar-refractivity contribution in [3.63, 3.8) is 0 Å². The molecule has 1 aliphatic carbocycles. The maximum Gasteiger partial charge on any atom is 0.0837 e. The lowest BCUT2D eigenvalue weighted by atomic mass is 9.97. The summed E-state index contributed by atoms with van der Waals surface area (Å²) >= 11 is 0. The van der Waals surface area contributed by atoms with E-state index in [2.05, 4.69) is 43.4 Å². The van der Waals surface area contributed by atoms with Crippen LogP contribution in [0.5, 0.6) is 0 Å². The zero-order valence-corrected chi connectivity index (χ0v) is 11.3. The largest absolute Gasteiger partial charge is 0.393 e. The molecule has 2 atom stereocenters. The second-order valence-corrected chi connectivity index (χ2v) is 10.4. The predicted octanol–water partition coefficient (Wildman–Crippen LogP) is 2.91. The molecule has 0 bridgehead atoms. The van der Waals surface area contributed by atoms with E-state index in [0.717, 1.165) is 18.4 Å². The van der Waals surface area contributed by atoms with Crippen LogP contribution in [0.25, 0.3) is 0 Å². The molecule has 2 rings (SSSR count). The fourth-order valence-corrected chi connectivity index (χ4v) is 6.23. The third-order valence-electron chi connectivity index (χ3n) is 4.18. The Balaban J connectivity index is 2.18. The lowest BCUT2D eigenvalue weighted by Crippen LogP contribution is -2.47. The van der Waals surface area contributed by atoms with E-state index >= 15 is 0 Å². The zero-order chi connectivity index (χ0) is 11.6. The predicted molar refractivity (Wildman–Crippen MR) is 71.8 cm³/mol. The molecule has 0 unspecified atom stereocenters. The molecule has 0 aliphatic heterocycles. The quantitative estimate of drug-likeness (QED) is 0.780. The highest BCUT2D eigenvalue weighted by Crippen LogP contribution is 2.36. The van der Waals surface area contributed by atoms with E-state index in [0.29, 0.717) is 0 Å². The molecule has 16 heavy (non-hydrogen) atoms. The highest BCUT2D eigenvalue weighted by Gasteiger charge is 2.36. The molecular weight excluding hydrogens is 212 g/mol. The second-order valence-electron chi connectivity index (χ2n) is 5.61. The summed E-state index contributed by atoms with van der Waals surface area (Å²) in [5.41, 5.74) is 0.749. The number of rotatable bonds is 2. The molecule has 1 N–H and O–H groups in total. The average Bonchev–Trinajstić information content (AvgIpc) is 2.30. The van der Waals surface area contributed by atoms with E-state index < -0.39 is 8.07 Å². The summed E-state index contributed by atoms with van der Waals surface area (Å²) in [5.74, 6) is 0. The molecule has 0 spiro atoms. The molecule has 0 amide bonds. The summed E-state index contributed by atoms with van der Waals surface area (Å²) in [4.78, 5) is 0. The SMILES string of the molecule is C[Si](C)(c1ccccc1)[C@H]1CCC[C@@H](O)C1. The van der Waals surface area contributed by atoms with Gasteiger partial charge in [0.1, 0.15) is 0 Å². The average molecular weight is 234 g/mol. The van der Waals surface area contributed by atoms with Crippen LogP contribution in [0.1, 0.15) is 25.7 Å². The van der Waals surface area contributed by atoms with Gasteiger partial charge in [-0.3, -0.25) is 0 Å². The third-order valence-corrected chi connectivity index (χ3v) is 8.57. The fourth-order valence-electron chi connectivity index (χ4n) is 2.92. The van der Waals surface area contributed by atoms with E-state index in [4.69, 9.17) is 0 Å². The van der Waals surface area contributed by atoms with Crippen molar-refractivity contribution >= 4 is 13.3 Å². The first-order chi connectivity index (χ1) is 7.60. The lowest BCUT2D eigenvalue weighted by Gasteiger charge is -2.37. The summed E-state index contributed by atoms with van der Waals surface area (Å²) in [5, 5.41) is 11.3. The van der Waals surface area contributed by atoms with Gasteiger partial charge in [-0.25, -0.2) is 0 Å². The Morgan fingerprint density at radius 2 is 1.81 bits per heavy atom. The van der Waals surface area contributed by atoms with Crippen LogP contribution in [0.3, 0.4) is 0 Å². The summed E-state index contributed by atoms with van der Waals surface area (Å²) in [6.45, 7) is 4.90. The van der Waals surface area contributed by atoms with Crippen LogP contribution >= 0.6 is 0 Å². The van der Waals surface area contributed by atoms with Gasteiger partial charge in [0.05, 0.1) is 14.2 Å². The van der Waals surface area contributed by atoms with Crippen LogP contribution in [0, 0.1) is 0 Å². The summed E-state index contributed by atoms with van der Waals surface area (Å²) in [6.07, 6.45) is 4.50. The maximum absolute atomic E-state index is 9.81. The summed E-state index contributed by atoms with van der Waals surface area (Å²) < 4.78 is 0. The molecule has 0 heterocycles. The molecule has 1 aromatic rings. The van der Waals surface area contributed by atoms with Crippen molar-refractivity contribution in [1.29, 1.82) is 0 Å². The van der Waals surface area contributed by atoms with E-state index in [1.54, 1.807) is 0 Å². The summed E-state index contributed by atoms with van der Waals surface area (Å²) in [7, 11) is -1.38. The topological polar surface area (TPSA) is 20.2 Å². The van der Waals surface area contributed by atoms with Crippen LogP contribution in [0.15, 0.2) is 30.3 Å². The van der Waals surface area contributed by atoms with E-state index in [9.17, 15) is 5.11 Å². The lowest BCUT2D eigenvalue weighted by molar-refractivity contribution is 0.129. The number of aliphatic hydroxyl groups is 1. The minimum absolute atomic E-state index is 0.0470. The number of hydrogen-bond acceptors (Lipinski definition) is 1. The van der Waals surface area contributed by atoms with Gasteiger partial charge in [-0.15, -0.1) is 0 Å². The maximum atomic E-state index is 9.81. The Kier molecular flexibility index (Phi) is 3.50. The van der Waals surface area contributed by atoms with Gasteiger partial charge < -0.3 is 5.11 Å². The van der Waals surface area contributed by atoms with Crippen LogP contribution in [0.4, 0.5) is 0 Å². The Labute approximate surface area is 99.5 Å². The van der Waals surface area contributed by atoms with Crippen molar-refractivity contribution in [2.24, 2.45) is 0 Å². The van der Waals surface area contributed by atoms with Crippen molar-refractivity contribution in [2.45, 2.75) is 50.4 Å². The van der Waals surface area contributed by atoms with Crippen LogP contribution in [-0.4, -0.2) is 19.3 Å². The Morgan fingerprint density at radius 1 is 1.12 bits per heavy atom. The first-order valence-corrected chi connectivity index (χ1v) is 9.42. The number of hydrogen-bond donors (Lipinski definition) is 1. The molecule has 1 aliphatic rings. The minimum Gasteiger partial charge on any atom is -0.393 e. The molecule has 88 valence electrons. The van der Waals surface area contributed by atoms with Gasteiger partial charge in [0.25, 0.3) is 0 Å². The van der Waals surface area contributed by atoms with Gasteiger partial charge in [0.2, 0.25) is 0 Å². The zero-order valence-electron chi connectivity index (χ0n) is 10.3. The van der Waals surface area contributed by atoms with Gasteiger partial charge in [-0.2, -0.15) is 0 Å². The standard InChI is InChI=1S/C14H22OSi/c1-16(2,13-8-4-3-5-9-13)14-10-6-7-12(15)11-14/h3-5,8-9,12,14-15H,6-7,10-11H2,1-2H3/t12-,14+/m1/s1. The van der Waals surface area contributed by atoms with Gasteiger partial charge >= 0.3 is 0 Å². The Bertz CT molecular complexity index is 334. The van der Waals surface area contributed by atoms with Gasteiger partial charge in [-0.05, 0) is 18.4 Å². The number of benzene rings is 1. The normalized spacial score (nSPS) is 26.7. The number of aliphatic hydroxyl groups excluding tert-OH is 1. The first-order valence-electron chi connectivity index (χ1n) is 6.34. The highest BCUT2D eigenvalue weighted by atomic mass is 28.3. The van der Waals surface area contributed by atoms with Gasteiger partial charge in [0, 0.05) is 0 Å². The molecule has 1 fully saturated rings.